The molecule has 3 nitrogen and oxygen atoms in total. The van der Waals surface area contributed by atoms with E-state index in [4.69, 9.17) is 0 Å². The molecule has 0 saturated carbocycles. The number of pyridine rings is 1. The highest BCUT2D eigenvalue weighted by Gasteiger charge is 2.10. The summed E-state index contributed by atoms with van der Waals surface area (Å²) in [6, 6.07) is 6.38. The van der Waals surface area contributed by atoms with Crippen molar-refractivity contribution in [2.24, 2.45) is 0 Å². The Kier molecular flexibility index (Phi) is 3.32. The van der Waals surface area contributed by atoms with Gasteiger partial charge in [0.05, 0.1) is 0 Å². The number of anilines is 1. The molecule has 0 aliphatic rings. The van der Waals surface area contributed by atoms with Crippen molar-refractivity contribution in [1.82, 2.24) is 4.98 Å². The molecule has 2 rings (SSSR count). The number of carbonyl (C=O) groups excluding carboxylic acids is 1. The van der Waals surface area contributed by atoms with Gasteiger partial charge in [-0.15, -0.1) is 0 Å². The summed E-state index contributed by atoms with van der Waals surface area (Å²) in [5.41, 5.74) is 0.997. The van der Waals surface area contributed by atoms with Crippen molar-refractivity contribution in [3.63, 3.8) is 0 Å². The maximum absolute atomic E-state index is 13.0. The SMILES string of the molecule is Cc1ccc(NC(=O)c2ccc(F)c(F)c2)nc1. The van der Waals surface area contributed by atoms with Crippen LogP contribution in [0, 0.1) is 18.6 Å². The van der Waals surface area contributed by atoms with Crippen LogP contribution in [0.15, 0.2) is 36.5 Å². The summed E-state index contributed by atoms with van der Waals surface area (Å²) >= 11 is 0. The second kappa shape index (κ2) is 4.91. The van der Waals surface area contributed by atoms with Crippen molar-refractivity contribution >= 4 is 11.7 Å². The number of carbonyl (C=O) groups is 1. The first-order valence-electron chi connectivity index (χ1n) is 5.25. The first-order chi connectivity index (χ1) is 8.56. The number of hydrogen-bond acceptors (Lipinski definition) is 2. The highest BCUT2D eigenvalue weighted by molar-refractivity contribution is 6.03. The lowest BCUT2D eigenvalue weighted by atomic mass is 10.2. The van der Waals surface area contributed by atoms with Gasteiger partial charge in [-0.3, -0.25) is 4.79 Å². The smallest absolute Gasteiger partial charge is 0.256 e. The maximum Gasteiger partial charge on any atom is 0.256 e. The number of benzene rings is 1. The van der Waals surface area contributed by atoms with Crippen LogP contribution in [-0.2, 0) is 0 Å². The molecule has 0 radical (unpaired) electrons. The van der Waals surface area contributed by atoms with Gasteiger partial charge in [0.25, 0.3) is 5.91 Å². The van der Waals surface area contributed by atoms with Gasteiger partial charge in [0, 0.05) is 11.8 Å². The van der Waals surface area contributed by atoms with Gasteiger partial charge in [-0.1, -0.05) is 6.07 Å². The summed E-state index contributed by atoms with van der Waals surface area (Å²) in [6.45, 7) is 1.87. The van der Waals surface area contributed by atoms with Gasteiger partial charge < -0.3 is 5.32 Å². The van der Waals surface area contributed by atoms with Gasteiger partial charge >= 0.3 is 0 Å². The van der Waals surface area contributed by atoms with Crippen LogP contribution in [0.1, 0.15) is 15.9 Å². The van der Waals surface area contributed by atoms with Crippen molar-refractivity contribution < 1.29 is 13.6 Å². The summed E-state index contributed by atoms with van der Waals surface area (Å²) in [7, 11) is 0. The zero-order valence-electron chi connectivity index (χ0n) is 9.58. The number of aromatic nitrogens is 1. The van der Waals surface area contributed by atoms with Crippen molar-refractivity contribution in [2.75, 3.05) is 5.32 Å². The Labute approximate surface area is 102 Å². The largest absolute Gasteiger partial charge is 0.307 e. The van der Waals surface area contributed by atoms with Crippen LogP contribution in [0.4, 0.5) is 14.6 Å². The third-order valence-electron chi connectivity index (χ3n) is 2.33. The number of nitrogens with zero attached hydrogens (tertiary/aromatic N) is 1. The minimum atomic E-state index is -1.06. The number of hydrogen-bond donors (Lipinski definition) is 1. The molecule has 0 unspecified atom stereocenters. The van der Waals surface area contributed by atoms with Crippen LogP contribution < -0.4 is 5.32 Å². The Hall–Kier alpha value is -2.30. The van der Waals surface area contributed by atoms with Gasteiger partial charge in [-0.2, -0.15) is 0 Å². The third-order valence-corrected chi connectivity index (χ3v) is 2.33. The molecule has 1 N–H and O–H groups in total. The maximum atomic E-state index is 13.0. The molecular formula is C13H10F2N2O. The Morgan fingerprint density at radius 3 is 2.56 bits per heavy atom. The molecule has 0 saturated heterocycles. The van der Waals surface area contributed by atoms with Crippen molar-refractivity contribution in [1.29, 1.82) is 0 Å². The molecule has 2 aromatic rings. The fraction of sp³-hybridized carbons (Fsp3) is 0.0769. The molecule has 0 aliphatic carbocycles. The van der Waals surface area contributed by atoms with Crippen molar-refractivity contribution in [3.05, 3.63) is 59.3 Å². The first-order valence-corrected chi connectivity index (χ1v) is 5.25. The number of rotatable bonds is 2. The number of amides is 1. The summed E-state index contributed by atoms with van der Waals surface area (Å²) in [4.78, 5) is 15.7. The number of halogens is 2. The molecule has 18 heavy (non-hydrogen) atoms. The Balaban J connectivity index is 2.16. The zero-order valence-corrected chi connectivity index (χ0v) is 9.58. The van der Waals surface area contributed by atoms with E-state index in [0.717, 1.165) is 17.7 Å². The van der Waals surface area contributed by atoms with Crippen LogP contribution in [-0.4, -0.2) is 10.9 Å². The standard InChI is InChI=1S/C13H10F2N2O/c1-8-2-5-12(16-7-8)17-13(18)9-3-4-10(14)11(15)6-9/h2-7H,1H3,(H,16,17,18). The van der Waals surface area contributed by atoms with Crippen LogP contribution in [0.25, 0.3) is 0 Å². The molecule has 1 heterocycles. The average Bonchev–Trinajstić information content (AvgIpc) is 2.35. The molecule has 0 aliphatic heterocycles. The highest BCUT2D eigenvalue weighted by atomic mass is 19.2. The van der Waals surface area contributed by atoms with E-state index in [2.05, 4.69) is 10.3 Å². The lowest BCUT2D eigenvalue weighted by Crippen LogP contribution is -2.13. The summed E-state index contributed by atoms with van der Waals surface area (Å²) < 4.78 is 25.7. The molecule has 0 bridgehead atoms. The van der Waals surface area contributed by atoms with Crippen LogP contribution in [0.5, 0.6) is 0 Å². The quantitative estimate of drug-likeness (QED) is 0.887. The molecule has 0 atom stereocenters. The fourth-order valence-electron chi connectivity index (χ4n) is 1.37. The summed E-state index contributed by atoms with van der Waals surface area (Å²) in [5, 5.41) is 2.49. The van der Waals surface area contributed by atoms with Gasteiger partial charge in [0.1, 0.15) is 5.82 Å². The van der Waals surface area contributed by atoms with E-state index < -0.39 is 17.5 Å². The topological polar surface area (TPSA) is 42.0 Å². The van der Waals surface area contributed by atoms with Crippen LogP contribution >= 0.6 is 0 Å². The molecule has 0 fully saturated rings. The molecule has 1 amide bonds. The average molecular weight is 248 g/mol. The Bertz CT molecular complexity index is 582. The Morgan fingerprint density at radius 2 is 1.94 bits per heavy atom. The van der Waals surface area contributed by atoms with Crippen molar-refractivity contribution in [2.45, 2.75) is 6.92 Å². The number of aryl methyl sites for hydroxylation is 1. The van der Waals surface area contributed by atoms with E-state index in [9.17, 15) is 13.6 Å². The minimum absolute atomic E-state index is 0.0382. The van der Waals surface area contributed by atoms with Gasteiger partial charge in [-0.25, -0.2) is 13.8 Å². The van der Waals surface area contributed by atoms with Gasteiger partial charge in [0.2, 0.25) is 0 Å². The third kappa shape index (κ3) is 2.68. The van der Waals surface area contributed by atoms with E-state index in [1.54, 1.807) is 18.3 Å². The zero-order chi connectivity index (χ0) is 13.1. The van der Waals surface area contributed by atoms with Crippen LogP contribution in [0.3, 0.4) is 0 Å². The predicted octanol–water partition coefficient (Wildman–Crippen LogP) is 2.92. The van der Waals surface area contributed by atoms with Gasteiger partial charge in [0.15, 0.2) is 11.6 Å². The predicted molar refractivity (Wildman–Crippen MR) is 63.3 cm³/mol. The molecule has 1 aromatic heterocycles. The van der Waals surface area contributed by atoms with Gasteiger partial charge in [-0.05, 0) is 36.8 Å². The second-order valence-electron chi connectivity index (χ2n) is 3.80. The monoisotopic (exact) mass is 248 g/mol. The summed E-state index contributed by atoms with van der Waals surface area (Å²) in [6.07, 6.45) is 1.60. The fourth-order valence-corrected chi connectivity index (χ4v) is 1.37. The second-order valence-corrected chi connectivity index (χ2v) is 3.80. The first kappa shape index (κ1) is 12.2. The highest BCUT2D eigenvalue weighted by Crippen LogP contribution is 2.11. The molecule has 1 aromatic carbocycles. The Morgan fingerprint density at radius 1 is 1.17 bits per heavy atom. The van der Waals surface area contributed by atoms with E-state index in [1.807, 2.05) is 6.92 Å². The molecular weight excluding hydrogens is 238 g/mol. The lowest BCUT2D eigenvalue weighted by molar-refractivity contribution is 0.102. The minimum Gasteiger partial charge on any atom is -0.307 e. The van der Waals surface area contributed by atoms with E-state index in [0.29, 0.717) is 5.82 Å². The molecule has 5 heteroatoms. The van der Waals surface area contributed by atoms with E-state index >= 15 is 0 Å². The molecule has 0 spiro atoms. The normalized spacial score (nSPS) is 10.2. The van der Waals surface area contributed by atoms with Crippen LogP contribution in [0.2, 0.25) is 0 Å². The summed E-state index contributed by atoms with van der Waals surface area (Å²) in [5.74, 6) is -2.22. The van der Waals surface area contributed by atoms with E-state index in [1.165, 1.54) is 6.07 Å². The molecule has 92 valence electrons. The lowest BCUT2D eigenvalue weighted by Gasteiger charge is -2.04. The number of nitrogens with one attached hydrogen (secondary N) is 1. The van der Waals surface area contributed by atoms with Crippen molar-refractivity contribution in [3.8, 4) is 0 Å². The van der Waals surface area contributed by atoms with E-state index in [-0.39, 0.29) is 5.56 Å².